The molecule has 1 saturated carbocycles. The zero-order valence-electron chi connectivity index (χ0n) is 13.1. The highest BCUT2D eigenvalue weighted by Gasteiger charge is 2.31. The van der Waals surface area contributed by atoms with Gasteiger partial charge in [-0.15, -0.1) is 0 Å². The molecule has 0 unspecified atom stereocenters. The van der Waals surface area contributed by atoms with Crippen molar-refractivity contribution in [3.63, 3.8) is 0 Å². The van der Waals surface area contributed by atoms with Crippen LogP contribution in [0.1, 0.15) is 52.9 Å². The lowest BCUT2D eigenvalue weighted by atomic mass is 9.83. The Hall–Kier alpha value is -1.26. The molecule has 1 aliphatic rings. The third-order valence-electron chi connectivity index (χ3n) is 3.91. The highest BCUT2D eigenvalue weighted by Crippen LogP contribution is 2.31. The summed E-state index contributed by atoms with van der Waals surface area (Å²) >= 11 is 0. The number of carbonyl (C=O) groups excluding carboxylic acids is 2. The number of carbonyl (C=O) groups is 2. The van der Waals surface area contributed by atoms with Gasteiger partial charge in [-0.25, -0.2) is 4.79 Å². The molecule has 0 spiro atoms. The highest BCUT2D eigenvalue weighted by molar-refractivity contribution is 5.69. The molecule has 0 N–H and O–H groups in total. The van der Waals surface area contributed by atoms with E-state index in [1.807, 2.05) is 25.7 Å². The van der Waals surface area contributed by atoms with Gasteiger partial charge < -0.3 is 14.4 Å². The molecule has 0 heterocycles. The molecular formula is C15H27NO4. The van der Waals surface area contributed by atoms with E-state index in [0.29, 0.717) is 18.9 Å². The van der Waals surface area contributed by atoms with E-state index in [1.165, 1.54) is 7.11 Å². The van der Waals surface area contributed by atoms with Crippen molar-refractivity contribution in [2.75, 3.05) is 13.7 Å². The molecule has 0 aromatic heterocycles. The minimum Gasteiger partial charge on any atom is -0.466 e. The molecule has 0 aliphatic heterocycles. The van der Waals surface area contributed by atoms with Crippen molar-refractivity contribution in [2.45, 2.75) is 65.0 Å². The maximum atomic E-state index is 11.8. The van der Waals surface area contributed by atoms with Crippen molar-refractivity contribution in [2.24, 2.45) is 5.92 Å². The molecule has 1 fully saturated rings. The van der Waals surface area contributed by atoms with Crippen LogP contribution in [0, 0.1) is 5.92 Å². The molecule has 0 radical (unpaired) electrons. The third-order valence-corrected chi connectivity index (χ3v) is 3.91. The Balaban J connectivity index is 2.47. The molecule has 0 atom stereocenters. The molecular weight excluding hydrogens is 258 g/mol. The minimum atomic E-state index is -0.256. The Bertz CT molecular complexity index is 322. The van der Waals surface area contributed by atoms with Gasteiger partial charge in [-0.2, -0.15) is 0 Å². The summed E-state index contributed by atoms with van der Waals surface area (Å²) in [5.74, 6) is 0.279. The standard InChI is InChI=1S/C15H27NO4/c1-5-20-14(17)10-12-6-8-13(9-7-12)16(11(2)3)15(18)19-4/h11-13H,5-10H2,1-4H3. The zero-order valence-corrected chi connectivity index (χ0v) is 13.1. The van der Waals surface area contributed by atoms with Gasteiger partial charge in [0.2, 0.25) is 0 Å². The summed E-state index contributed by atoms with van der Waals surface area (Å²) in [5.41, 5.74) is 0. The summed E-state index contributed by atoms with van der Waals surface area (Å²) in [5, 5.41) is 0. The Morgan fingerprint density at radius 2 is 1.80 bits per heavy atom. The molecule has 20 heavy (non-hydrogen) atoms. The number of amides is 1. The van der Waals surface area contributed by atoms with E-state index in [2.05, 4.69) is 0 Å². The van der Waals surface area contributed by atoms with E-state index >= 15 is 0 Å². The van der Waals surface area contributed by atoms with Crippen LogP contribution >= 0.6 is 0 Å². The Morgan fingerprint density at radius 1 is 1.20 bits per heavy atom. The van der Waals surface area contributed by atoms with Crippen molar-refractivity contribution in [1.29, 1.82) is 0 Å². The first-order valence-corrected chi connectivity index (χ1v) is 7.51. The van der Waals surface area contributed by atoms with Crippen LogP contribution in [0.5, 0.6) is 0 Å². The van der Waals surface area contributed by atoms with Crippen LogP contribution in [-0.2, 0) is 14.3 Å². The van der Waals surface area contributed by atoms with Gasteiger partial charge in [0.1, 0.15) is 0 Å². The number of rotatable bonds is 5. The van der Waals surface area contributed by atoms with Crippen LogP contribution in [-0.4, -0.2) is 42.8 Å². The zero-order chi connectivity index (χ0) is 15.1. The molecule has 1 aliphatic carbocycles. The Kier molecular flexibility index (Phi) is 6.82. The fraction of sp³-hybridized carbons (Fsp3) is 0.867. The summed E-state index contributed by atoms with van der Waals surface area (Å²) < 4.78 is 9.85. The topological polar surface area (TPSA) is 55.8 Å². The normalized spacial score (nSPS) is 22.4. The third kappa shape index (κ3) is 4.69. The van der Waals surface area contributed by atoms with Crippen LogP contribution in [0.2, 0.25) is 0 Å². The first-order valence-electron chi connectivity index (χ1n) is 7.51. The van der Waals surface area contributed by atoms with Crippen molar-refractivity contribution in [3.8, 4) is 0 Å². The average Bonchev–Trinajstić information content (AvgIpc) is 2.40. The summed E-state index contributed by atoms with van der Waals surface area (Å²) in [4.78, 5) is 25.1. The second-order valence-corrected chi connectivity index (χ2v) is 5.65. The molecule has 1 rings (SSSR count). The summed E-state index contributed by atoms with van der Waals surface area (Å²) in [6.07, 6.45) is 4.02. The van der Waals surface area contributed by atoms with Crippen molar-refractivity contribution >= 4 is 12.1 Å². The summed E-state index contributed by atoms with van der Waals surface area (Å²) in [6, 6.07) is 0.356. The fourth-order valence-corrected chi connectivity index (χ4v) is 2.97. The van der Waals surface area contributed by atoms with Gasteiger partial charge in [0.05, 0.1) is 13.7 Å². The van der Waals surface area contributed by atoms with Gasteiger partial charge in [-0.3, -0.25) is 4.79 Å². The monoisotopic (exact) mass is 285 g/mol. The molecule has 1 amide bonds. The van der Waals surface area contributed by atoms with Crippen LogP contribution in [0.25, 0.3) is 0 Å². The number of hydrogen-bond acceptors (Lipinski definition) is 4. The van der Waals surface area contributed by atoms with Crippen molar-refractivity contribution in [1.82, 2.24) is 4.90 Å². The number of nitrogens with zero attached hydrogens (tertiary/aromatic N) is 1. The number of hydrogen-bond donors (Lipinski definition) is 0. The van der Waals surface area contributed by atoms with Gasteiger partial charge in [0.15, 0.2) is 0 Å². The lowest BCUT2D eigenvalue weighted by Gasteiger charge is -2.38. The second-order valence-electron chi connectivity index (χ2n) is 5.65. The lowest BCUT2D eigenvalue weighted by molar-refractivity contribution is -0.144. The molecule has 116 valence electrons. The maximum Gasteiger partial charge on any atom is 0.409 e. The SMILES string of the molecule is CCOC(=O)CC1CCC(N(C(=O)OC)C(C)C)CC1. The maximum absolute atomic E-state index is 11.8. The average molecular weight is 285 g/mol. The predicted octanol–water partition coefficient (Wildman–Crippen LogP) is 2.98. The van der Waals surface area contributed by atoms with Crippen molar-refractivity contribution in [3.05, 3.63) is 0 Å². The second kappa shape index (κ2) is 8.12. The molecule has 0 bridgehead atoms. The summed E-state index contributed by atoms with van der Waals surface area (Å²) in [7, 11) is 1.42. The van der Waals surface area contributed by atoms with Crippen LogP contribution in [0.4, 0.5) is 4.79 Å². The number of esters is 1. The van der Waals surface area contributed by atoms with Crippen molar-refractivity contribution < 1.29 is 19.1 Å². The Morgan fingerprint density at radius 3 is 2.25 bits per heavy atom. The van der Waals surface area contributed by atoms with Gasteiger partial charge in [-0.05, 0) is 52.4 Å². The smallest absolute Gasteiger partial charge is 0.409 e. The van der Waals surface area contributed by atoms with Gasteiger partial charge in [0.25, 0.3) is 0 Å². The molecule has 0 aromatic rings. The van der Waals surface area contributed by atoms with Gasteiger partial charge in [-0.1, -0.05) is 0 Å². The van der Waals surface area contributed by atoms with Crippen LogP contribution in [0.15, 0.2) is 0 Å². The van der Waals surface area contributed by atoms with Gasteiger partial charge >= 0.3 is 12.1 Å². The van der Waals surface area contributed by atoms with E-state index in [0.717, 1.165) is 25.7 Å². The quantitative estimate of drug-likeness (QED) is 0.729. The molecule has 0 saturated heterocycles. The molecule has 5 nitrogen and oxygen atoms in total. The first-order chi connectivity index (χ1) is 9.49. The van der Waals surface area contributed by atoms with Crippen LogP contribution < -0.4 is 0 Å². The van der Waals surface area contributed by atoms with Gasteiger partial charge in [0, 0.05) is 18.5 Å². The van der Waals surface area contributed by atoms with E-state index in [4.69, 9.17) is 9.47 Å². The minimum absolute atomic E-state index is 0.107. The number of methoxy groups -OCH3 is 1. The first kappa shape index (κ1) is 16.8. The van der Waals surface area contributed by atoms with E-state index in [9.17, 15) is 9.59 Å². The Labute approximate surface area is 121 Å². The molecule has 5 heteroatoms. The number of ether oxygens (including phenoxy) is 2. The fourth-order valence-electron chi connectivity index (χ4n) is 2.97. The highest BCUT2D eigenvalue weighted by atomic mass is 16.5. The lowest BCUT2D eigenvalue weighted by Crippen LogP contribution is -2.46. The largest absolute Gasteiger partial charge is 0.466 e. The van der Waals surface area contributed by atoms with E-state index in [1.54, 1.807) is 0 Å². The predicted molar refractivity (Wildman–Crippen MR) is 76.4 cm³/mol. The van der Waals surface area contributed by atoms with Crippen LogP contribution in [0.3, 0.4) is 0 Å². The van der Waals surface area contributed by atoms with E-state index in [-0.39, 0.29) is 24.1 Å². The summed E-state index contributed by atoms with van der Waals surface area (Å²) in [6.45, 7) is 6.27. The molecule has 0 aromatic carbocycles. The van der Waals surface area contributed by atoms with E-state index < -0.39 is 0 Å².